The SMILES string of the molecule is COCc1ccsc1C(=O)O. The van der Waals surface area contributed by atoms with Crippen LogP contribution >= 0.6 is 11.3 Å². The second-order valence-electron chi connectivity index (χ2n) is 2.01. The molecular formula is C7H8O3S. The Bertz CT molecular complexity index is 254. The largest absolute Gasteiger partial charge is 0.477 e. The standard InChI is InChI=1S/C7H8O3S/c1-10-4-5-2-3-11-6(5)7(8)9/h2-3H,4H2,1H3,(H,8,9). The lowest BCUT2D eigenvalue weighted by atomic mass is 10.3. The second kappa shape index (κ2) is 3.50. The summed E-state index contributed by atoms with van der Waals surface area (Å²) in [5.74, 6) is -0.882. The third kappa shape index (κ3) is 1.78. The Labute approximate surface area is 68.2 Å². The van der Waals surface area contributed by atoms with E-state index in [4.69, 9.17) is 9.84 Å². The van der Waals surface area contributed by atoms with Crippen molar-refractivity contribution >= 4 is 17.3 Å². The van der Waals surface area contributed by atoms with E-state index in [9.17, 15) is 4.79 Å². The van der Waals surface area contributed by atoms with Gasteiger partial charge < -0.3 is 9.84 Å². The average molecular weight is 172 g/mol. The Morgan fingerprint density at radius 3 is 3.09 bits per heavy atom. The van der Waals surface area contributed by atoms with E-state index in [0.29, 0.717) is 11.5 Å². The van der Waals surface area contributed by atoms with Gasteiger partial charge in [0.05, 0.1) is 6.61 Å². The molecule has 1 N–H and O–H groups in total. The van der Waals surface area contributed by atoms with E-state index < -0.39 is 5.97 Å². The minimum absolute atomic E-state index is 0.366. The van der Waals surface area contributed by atoms with Gasteiger partial charge in [-0.05, 0) is 11.4 Å². The Kier molecular flexibility index (Phi) is 2.62. The molecule has 0 aliphatic rings. The fourth-order valence-corrected chi connectivity index (χ4v) is 1.54. The molecule has 0 fully saturated rings. The van der Waals surface area contributed by atoms with Gasteiger partial charge in [-0.25, -0.2) is 4.79 Å². The molecule has 0 aliphatic heterocycles. The molecule has 0 saturated heterocycles. The number of aromatic carboxylic acids is 1. The van der Waals surface area contributed by atoms with Crippen LogP contribution in [0.1, 0.15) is 15.2 Å². The molecule has 0 bridgehead atoms. The van der Waals surface area contributed by atoms with E-state index >= 15 is 0 Å². The van der Waals surface area contributed by atoms with E-state index in [1.54, 1.807) is 18.6 Å². The van der Waals surface area contributed by atoms with E-state index in [2.05, 4.69) is 0 Å². The van der Waals surface area contributed by atoms with Crippen molar-refractivity contribution in [3.05, 3.63) is 21.9 Å². The van der Waals surface area contributed by atoms with E-state index in [1.165, 1.54) is 11.3 Å². The third-order valence-corrected chi connectivity index (χ3v) is 2.19. The lowest BCUT2D eigenvalue weighted by Crippen LogP contribution is -1.97. The normalized spacial score (nSPS) is 9.91. The van der Waals surface area contributed by atoms with Crippen LogP contribution in [0.2, 0.25) is 0 Å². The van der Waals surface area contributed by atoms with Crippen molar-refractivity contribution in [1.29, 1.82) is 0 Å². The molecule has 0 radical (unpaired) electrons. The number of carboxylic acid groups (broad SMARTS) is 1. The molecule has 0 saturated carbocycles. The molecule has 0 spiro atoms. The van der Waals surface area contributed by atoms with Crippen molar-refractivity contribution in [3.8, 4) is 0 Å². The van der Waals surface area contributed by atoms with Crippen LogP contribution in [0.25, 0.3) is 0 Å². The number of thiophene rings is 1. The molecular weight excluding hydrogens is 164 g/mol. The van der Waals surface area contributed by atoms with E-state index in [0.717, 1.165) is 5.56 Å². The van der Waals surface area contributed by atoms with Gasteiger partial charge in [0.15, 0.2) is 0 Å². The van der Waals surface area contributed by atoms with Crippen LogP contribution in [0.15, 0.2) is 11.4 Å². The second-order valence-corrected chi connectivity index (χ2v) is 2.93. The maximum atomic E-state index is 10.5. The molecule has 0 aromatic carbocycles. The van der Waals surface area contributed by atoms with Gasteiger partial charge in [-0.2, -0.15) is 0 Å². The Morgan fingerprint density at radius 1 is 1.82 bits per heavy atom. The molecule has 0 unspecified atom stereocenters. The first-order valence-electron chi connectivity index (χ1n) is 3.04. The van der Waals surface area contributed by atoms with Gasteiger partial charge >= 0.3 is 5.97 Å². The summed E-state index contributed by atoms with van der Waals surface area (Å²) < 4.78 is 4.82. The molecule has 1 aromatic rings. The Balaban J connectivity index is 2.87. The van der Waals surface area contributed by atoms with Crippen molar-refractivity contribution in [2.24, 2.45) is 0 Å². The summed E-state index contributed by atoms with van der Waals surface area (Å²) in [6.07, 6.45) is 0. The topological polar surface area (TPSA) is 46.5 Å². The molecule has 1 heterocycles. The van der Waals surface area contributed by atoms with Gasteiger partial charge in [0.25, 0.3) is 0 Å². The molecule has 60 valence electrons. The summed E-state index contributed by atoms with van der Waals surface area (Å²) in [6.45, 7) is 0.366. The summed E-state index contributed by atoms with van der Waals surface area (Å²) in [4.78, 5) is 10.9. The lowest BCUT2D eigenvalue weighted by Gasteiger charge is -1.95. The van der Waals surface area contributed by atoms with Crippen LogP contribution in [0.3, 0.4) is 0 Å². The van der Waals surface area contributed by atoms with Crippen LogP contribution in [-0.2, 0) is 11.3 Å². The highest BCUT2D eigenvalue weighted by Crippen LogP contribution is 2.16. The number of methoxy groups -OCH3 is 1. The maximum Gasteiger partial charge on any atom is 0.346 e. The van der Waals surface area contributed by atoms with Gasteiger partial charge in [0.1, 0.15) is 4.88 Å². The molecule has 4 heteroatoms. The first-order valence-corrected chi connectivity index (χ1v) is 3.92. The van der Waals surface area contributed by atoms with Crippen molar-refractivity contribution in [2.45, 2.75) is 6.61 Å². The van der Waals surface area contributed by atoms with Crippen LogP contribution in [0, 0.1) is 0 Å². The van der Waals surface area contributed by atoms with Gasteiger partial charge in [0, 0.05) is 12.7 Å². The highest BCUT2D eigenvalue weighted by Gasteiger charge is 2.10. The summed E-state index contributed by atoms with van der Waals surface area (Å²) in [5, 5.41) is 10.4. The number of hydrogen-bond acceptors (Lipinski definition) is 3. The smallest absolute Gasteiger partial charge is 0.346 e. The zero-order valence-corrected chi connectivity index (χ0v) is 6.85. The van der Waals surface area contributed by atoms with Gasteiger partial charge in [0.2, 0.25) is 0 Å². The first kappa shape index (κ1) is 8.23. The van der Waals surface area contributed by atoms with Crippen LogP contribution < -0.4 is 0 Å². The van der Waals surface area contributed by atoms with Gasteiger partial charge in [-0.1, -0.05) is 0 Å². The number of hydrogen-bond donors (Lipinski definition) is 1. The molecule has 3 nitrogen and oxygen atoms in total. The summed E-state index contributed by atoms with van der Waals surface area (Å²) in [5.41, 5.74) is 0.741. The maximum absolute atomic E-state index is 10.5. The fraction of sp³-hybridized carbons (Fsp3) is 0.286. The van der Waals surface area contributed by atoms with E-state index in [-0.39, 0.29) is 0 Å². The highest BCUT2D eigenvalue weighted by atomic mass is 32.1. The average Bonchev–Trinajstić information content (AvgIpc) is 2.36. The van der Waals surface area contributed by atoms with Crippen molar-refractivity contribution in [3.63, 3.8) is 0 Å². The molecule has 0 aliphatic carbocycles. The molecule has 1 rings (SSSR count). The predicted octanol–water partition coefficient (Wildman–Crippen LogP) is 1.59. The third-order valence-electron chi connectivity index (χ3n) is 1.24. The summed E-state index contributed by atoms with van der Waals surface area (Å²) in [7, 11) is 1.54. The minimum atomic E-state index is -0.882. The fourth-order valence-electron chi connectivity index (χ4n) is 0.792. The molecule has 0 amide bonds. The van der Waals surface area contributed by atoms with Crippen LogP contribution in [0.4, 0.5) is 0 Å². The minimum Gasteiger partial charge on any atom is -0.477 e. The summed E-state index contributed by atoms with van der Waals surface area (Å²) >= 11 is 1.22. The quantitative estimate of drug-likeness (QED) is 0.753. The monoisotopic (exact) mass is 172 g/mol. The van der Waals surface area contributed by atoms with E-state index in [1.807, 2.05) is 0 Å². The predicted molar refractivity (Wildman–Crippen MR) is 42.0 cm³/mol. The molecule has 11 heavy (non-hydrogen) atoms. The zero-order chi connectivity index (χ0) is 8.27. The number of carboxylic acids is 1. The number of ether oxygens (including phenoxy) is 1. The molecule has 0 atom stereocenters. The van der Waals surface area contributed by atoms with Gasteiger partial charge in [-0.15, -0.1) is 11.3 Å². The number of rotatable bonds is 3. The Hall–Kier alpha value is -0.870. The highest BCUT2D eigenvalue weighted by molar-refractivity contribution is 7.12. The lowest BCUT2D eigenvalue weighted by molar-refractivity contribution is 0.0697. The van der Waals surface area contributed by atoms with Crippen LogP contribution in [-0.4, -0.2) is 18.2 Å². The first-order chi connectivity index (χ1) is 5.25. The van der Waals surface area contributed by atoms with Crippen molar-refractivity contribution in [1.82, 2.24) is 0 Å². The summed E-state index contributed by atoms with van der Waals surface area (Å²) in [6, 6.07) is 1.76. The van der Waals surface area contributed by atoms with Gasteiger partial charge in [-0.3, -0.25) is 0 Å². The number of carbonyl (C=O) groups is 1. The van der Waals surface area contributed by atoms with Crippen molar-refractivity contribution in [2.75, 3.05) is 7.11 Å². The zero-order valence-electron chi connectivity index (χ0n) is 6.03. The van der Waals surface area contributed by atoms with Crippen molar-refractivity contribution < 1.29 is 14.6 Å². The Morgan fingerprint density at radius 2 is 2.55 bits per heavy atom. The molecule has 1 aromatic heterocycles. The van der Waals surface area contributed by atoms with Crippen LogP contribution in [0.5, 0.6) is 0 Å².